The number of imide groups is 1. The van der Waals surface area contributed by atoms with Crippen molar-refractivity contribution in [2.75, 3.05) is 160 Å². The Morgan fingerprint density at radius 1 is 0.622 bits per heavy atom. The number of alkyl halides is 2. The van der Waals surface area contributed by atoms with Gasteiger partial charge in [-0.1, -0.05) is 74.5 Å². The number of carbonyl (C=O) groups excluding carboxylic acids is 10. The number of likely N-dealkylation sites (N-methyl/N-ethyl adjacent to an activating group) is 2. The van der Waals surface area contributed by atoms with Gasteiger partial charge in [-0.25, -0.2) is 18.9 Å². The zero-order valence-corrected chi connectivity index (χ0v) is 64.7. The van der Waals surface area contributed by atoms with E-state index in [0.29, 0.717) is 91.6 Å². The predicted octanol–water partition coefficient (Wildman–Crippen LogP) is 6.80. The summed E-state index contributed by atoms with van der Waals surface area (Å²) in [6.07, 6.45) is 2.13. The number of carbonyl (C=O) groups is 10. The van der Waals surface area contributed by atoms with Crippen molar-refractivity contribution in [1.82, 2.24) is 30.7 Å². The summed E-state index contributed by atoms with van der Waals surface area (Å²) in [4.78, 5) is 159. The van der Waals surface area contributed by atoms with E-state index >= 15 is 0 Å². The number of urea groups is 1. The van der Waals surface area contributed by atoms with Crippen LogP contribution in [0.2, 0.25) is 0 Å². The fraction of sp³-hybridized carbons (Fsp3) is 0.500. The van der Waals surface area contributed by atoms with E-state index in [-0.39, 0.29) is 175 Å². The van der Waals surface area contributed by atoms with Crippen LogP contribution in [0.25, 0.3) is 21.5 Å². The van der Waals surface area contributed by atoms with Crippen LogP contribution in [0.5, 0.6) is 11.5 Å². The van der Waals surface area contributed by atoms with Gasteiger partial charge in [0.15, 0.2) is 0 Å². The number of nitrogens with one attached hydrogen (secondary N) is 4. The van der Waals surface area contributed by atoms with E-state index in [1.165, 1.54) is 42.1 Å². The van der Waals surface area contributed by atoms with Crippen LogP contribution in [0, 0.1) is 16.7 Å². The number of phosphoric acid groups is 1. The number of phosphoric ester groups is 1. The minimum Gasteiger partial charge on any atom is -0.445 e. The number of halogens is 2. The van der Waals surface area contributed by atoms with Crippen molar-refractivity contribution in [1.29, 1.82) is 0 Å². The molecular weight excluding hydrogens is 1510 g/mol. The van der Waals surface area contributed by atoms with Crippen molar-refractivity contribution >= 4 is 129 Å². The lowest BCUT2D eigenvalue weighted by molar-refractivity contribution is -0.205. The number of primary amides is 1. The number of benzene rings is 5. The Labute approximate surface area is 651 Å². The molecule has 6 aliphatic rings. The van der Waals surface area contributed by atoms with Crippen LogP contribution in [0.15, 0.2) is 97.1 Å². The molecule has 3 aliphatic heterocycles. The summed E-state index contributed by atoms with van der Waals surface area (Å²) in [5.74, 6) is -3.18. The largest absolute Gasteiger partial charge is 0.524 e. The lowest BCUT2D eigenvalue weighted by Crippen LogP contribution is -2.73. The van der Waals surface area contributed by atoms with Crippen LogP contribution >= 0.6 is 31.0 Å². The number of anilines is 3. The van der Waals surface area contributed by atoms with Crippen LogP contribution in [-0.4, -0.2) is 241 Å². The number of ether oxygens (including phenoxy) is 8. The fourth-order valence-electron chi connectivity index (χ4n) is 14.4. The van der Waals surface area contributed by atoms with Crippen LogP contribution in [0.1, 0.15) is 80.9 Å². The molecule has 8 N–H and O–H groups in total. The molecule has 5 aromatic rings. The molecule has 600 valence electrons. The molecule has 0 spiro atoms. The third-order valence-electron chi connectivity index (χ3n) is 20.0. The molecule has 4 atom stereocenters. The Kier molecular flexibility index (Phi) is 29.6. The molecule has 35 heteroatoms. The number of rotatable bonds is 43. The van der Waals surface area contributed by atoms with Crippen molar-refractivity contribution in [2.45, 2.75) is 82.9 Å². The van der Waals surface area contributed by atoms with E-state index < -0.39 is 66.7 Å². The van der Waals surface area contributed by atoms with Crippen LogP contribution in [-0.2, 0) is 77.9 Å². The van der Waals surface area contributed by atoms with Gasteiger partial charge in [-0.15, -0.1) is 23.2 Å². The average Bonchev–Trinajstić information content (AvgIpc) is 1.65. The number of nitrogens with zero attached hydrogens (tertiary/aromatic N) is 5. The van der Waals surface area contributed by atoms with Crippen LogP contribution in [0.3, 0.4) is 0 Å². The third-order valence-corrected chi connectivity index (χ3v) is 21.2. The third kappa shape index (κ3) is 21.4. The first kappa shape index (κ1) is 84.4. The van der Waals surface area contributed by atoms with Gasteiger partial charge in [-0.05, 0) is 77.6 Å². The Hall–Kier alpha value is -9.05. The van der Waals surface area contributed by atoms with E-state index in [9.17, 15) is 62.3 Å². The molecule has 111 heavy (non-hydrogen) atoms. The molecule has 0 radical (unpaired) electrons. The molecule has 3 fully saturated rings. The molecule has 0 aromatic heterocycles. The van der Waals surface area contributed by atoms with Gasteiger partial charge in [0.1, 0.15) is 30.2 Å². The second-order valence-electron chi connectivity index (χ2n) is 28.2. The highest BCUT2D eigenvalue weighted by Crippen LogP contribution is 2.75. The summed E-state index contributed by atoms with van der Waals surface area (Å²) >= 11 is 13.2. The lowest BCUT2D eigenvalue weighted by Gasteiger charge is -2.69. The van der Waals surface area contributed by atoms with E-state index in [1.807, 2.05) is 24.3 Å². The molecule has 5 aromatic carbocycles. The summed E-state index contributed by atoms with van der Waals surface area (Å²) in [5.41, 5.74) is 7.06. The van der Waals surface area contributed by atoms with Gasteiger partial charge in [-0.2, -0.15) is 0 Å². The number of amides is 11. The molecule has 3 saturated carbocycles. The van der Waals surface area contributed by atoms with Crippen molar-refractivity contribution in [3.05, 3.63) is 114 Å². The molecular formula is C76H95Cl2N10O22P. The zero-order chi connectivity index (χ0) is 79.6. The van der Waals surface area contributed by atoms with Gasteiger partial charge in [0.25, 0.3) is 11.8 Å². The normalized spacial score (nSPS) is 18.6. The van der Waals surface area contributed by atoms with Crippen molar-refractivity contribution in [2.24, 2.45) is 22.5 Å². The first-order valence-corrected chi connectivity index (χ1v) is 39.3. The SMILES string of the molecule is CC(C)[C@H](NC(=O)CCOCCOCCOCCOCCOCCOCCN1C(=O)C=CC1=O)C(=O)N[C@@H](CCCNC(N)=O)C(=O)Nc1ccc(COC(=O)N(C)CCN(C)C(=O)Oc2cc3c(c4ccccc24)[C@H](CCl)CN3C(=O)C23CC(C(=O)N4C[C@@H](CCl)c5c4cc(OP(=O)(O)O)c4ccccc54)(C2)C3)cc1. The van der Waals surface area contributed by atoms with Gasteiger partial charge in [0, 0.05) is 118 Å². The average molecular weight is 1600 g/mol. The second-order valence-corrected chi connectivity index (χ2v) is 30.0. The number of hydrogen-bond donors (Lipinski definition) is 7. The smallest absolute Gasteiger partial charge is 0.445 e. The Morgan fingerprint density at radius 3 is 1.58 bits per heavy atom. The van der Waals surface area contributed by atoms with E-state index in [4.69, 9.17) is 71.4 Å². The van der Waals surface area contributed by atoms with Gasteiger partial charge >= 0.3 is 26.0 Å². The van der Waals surface area contributed by atoms with Gasteiger partial charge in [0.05, 0.1) is 108 Å². The summed E-state index contributed by atoms with van der Waals surface area (Å²) in [5, 5.41) is 13.3. The Morgan fingerprint density at radius 2 is 1.09 bits per heavy atom. The molecule has 3 aliphatic carbocycles. The molecule has 32 nitrogen and oxygen atoms in total. The standard InChI is InChI=1S/C76H95Cl2N10O22P/c1-48(2)67(83-62(89)21-26-102-28-30-104-32-34-106-36-37-107-35-33-105-31-29-103-27-25-86-63(90)19-20-64(86)91)69(93)82-57(14-9-22-80-72(79)96)68(92)81-52-17-15-49(16-18-52)44-108-73(97)84(3)23-24-85(4)74(98)109-60-38-58-65(55-12-7-5-10-53(55)60)50(40-77)42-87(58)70(94)75-45-76(46-75,47-75)71(95)88-43-51(41-78)66-56-13-8-6-11-54(56)61(39-59(66)88)110-111(99,100)101/h5-8,10-13,15-20,38-39,48,50-51,57,67H,9,14,21-37,40-47H2,1-4H3,(H,81,92)(H,82,93)(H,83,89)(H3,79,80,96)(H2,99,100,101)/t50-,51-,57+,67+,75?,76?/m1/s1. The van der Waals surface area contributed by atoms with Crippen molar-refractivity contribution in [3.8, 4) is 11.5 Å². The van der Waals surface area contributed by atoms with Gasteiger partial charge < -0.3 is 89.0 Å². The quantitative estimate of drug-likeness (QED) is 0.00912. The number of fused-ring (bicyclic) bond motifs is 6. The minimum absolute atomic E-state index is 0.0255. The molecule has 0 saturated heterocycles. The molecule has 2 bridgehead atoms. The summed E-state index contributed by atoms with van der Waals surface area (Å²) in [7, 11) is -1.96. The van der Waals surface area contributed by atoms with Crippen LogP contribution < -0.4 is 46.1 Å². The highest BCUT2D eigenvalue weighted by atomic mass is 35.5. The van der Waals surface area contributed by atoms with Crippen LogP contribution in [0.4, 0.5) is 31.4 Å². The van der Waals surface area contributed by atoms with E-state index in [1.54, 1.807) is 78.2 Å². The molecule has 3 heterocycles. The number of hydrogen-bond acceptors (Lipinski definition) is 20. The fourth-order valence-corrected chi connectivity index (χ4v) is 15.3. The Balaban J connectivity index is 0.630. The first-order valence-electron chi connectivity index (χ1n) is 36.7. The highest BCUT2D eigenvalue weighted by molar-refractivity contribution is 7.46. The predicted molar refractivity (Wildman–Crippen MR) is 408 cm³/mol. The Bertz CT molecular complexity index is 4260. The number of nitrogens with two attached hydrogens (primary N) is 1. The summed E-state index contributed by atoms with van der Waals surface area (Å²) < 4.78 is 61.9. The second kappa shape index (κ2) is 38.9. The van der Waals surface area contributed by atoms with Gasteiger partial charge in [0.2, 0.25) is 29.5 Å². The monoisotopic (exact) mass is 1600 g/mol. The van der Waals surface area contributed by atoms with E-state index in [0.717, 1.165) is 21.4 Å². The summed E-state index contributed by atoms with van der Waals surface area (Å²) in [6, 6.07) is 21.1. The summed E-state index contributed by atoms with van der Waals surface area (Å²) in [6.45, 7) is 7.62. The van der Waals surface area contributed by atoms with Crippen molar-refractivity contribution in [3.63, 3.8) is 0 Å². The topological polar surface area (TPSA) is 402 Å². The van der Waals surface area contributed by atoms with E-state index in [2.05, 4.69) is 21.3 Å². The maximum absolute atomic E-state index is 15.0. The minimum atomic E-state index is -4.99. The van der Waals surface area contributed by atoms with Gasteiger partial charge in [-0.3, -0.25) is 48.2 Å². The first-order chi connectivity index (χ1) is 53.2. The lowest BCUT2D eigenvalue weighted by atomic mass is 9.34. The zero-order valence-electron chi connectivity index (χ0n) is 62.3. The molecule has 0 unspecified atom stereocenters. The molecule has 11 rings (SSSR count). The molecule has 11 amide bonds. The maximum atomic E-state index is 15.0. The van der Waals surface area contributed by atoms with Crippen molar-refractivity contribution < 1.29 is 105 Å². The highest BCUT2D eigenvalue weighted by Gasteiger charge is 2.76. The maximum Gasteiger partial charge on any atom is 0.524 e.